The van der Waals surface area contributed by atoms with Gasteiger partial charge in [-0.25, -0.2) is 13.6 Å². The molecule has 2 aliphatic carbocycles. The lowest BCUT2D eigenvalue weighted by atomic mass is 9.75. The zero-order chi connectivity index (χ0) is 24.0. The van der Waals surface area contributed by atoms with Crippen molar-refractivity contribution in [3.05, 3.63) is 70.4 Å². The molecule has 0 aromatic heterocycles. The van der Waals surface area contributed by atoms with Gasteiger partial charge >= 0.3 is 12.1 Å². The van der Waals surface area contributed by atoms with Crippen LogP contribution in [-0.4, -0.2) is 59.8 Å². The number of allylic oxidation sites excluding steroid dienone is 9. The van der Waals surface area contributed by atoms with Gasteiger partial charge in [0.1, 0.15) is 29.0 Å². The molecule has 0 N–H and O–H groups in total. The van der Waals surface area contributed by atoms with Crippen LogP contribution in [0.25, 0.3) is 0 Å². The summed E-state index contributed by atoms with van der Waals surface area (Å²) in [5.74, 6) is -4.87. The van der Waals surface area contributed by atoms with Crippen LogP contribution in [-0.2, 0) is 9.53 Å². The number of esters is 1. The topological polar surface area (TPSA) is 36.0 Å². The fourth-order valence-corrected chi connectivity index (χ4v) is 5.53. The van der Waals surface area contributed by atoms with Crippen molar-refractivity contribution in [2.45, 2.75) is 32.2 Å². The summed E-state index contributed by atoms with van der Waals surface area (Å²) in [5.41, 5.74) is -1.84. The summed E-state index contributed by atoms with van der Waals surface area (Å²) in [4.78, 5) is 18.3. The van der Waals surface area contributed by atoms with E-state index in [4.69, 9.17) is 4.74 Å². The molecule has 33 heavy (non-hydrogen) atoms. The number of carbonyl (C=O) groups excluding carboxylic acids is 1. The molecule has 176 valence electrons. The quantitative estimate of drug-likeness (QED) is 0.448. The second-order valence-electron chi connectivity index (χ2n) is 9.19. The molecule has 0 aromatic carbocycles. The van der Waals surface area contributed by atoms with Crippen LogP contribution >= 0.6 is 0 Å². The predicted octanol–water partition coefficient (Wildman–Crippen LogP) is 4.28. The molecule has 10 heteroatoms. The standard InChI is InChI=1S/C23H22F5N3O2/c1-11-18(30(4)10-29(11)3)21(32)33-20-19-22(20,2)12-9-13(24)16(23(26,27)28)17(25)15(12)14-7-5-6-8-31(14)19/h5-9,12,19-20H,10H2,1-4H3. The van der Waals surface area contributed by atoms with E-state index >= 15 is 4.39 Å². The second-order valence-corrected chi connectivity index (χ2v) is 9.19. The first-order valence-electron chi connectivity index (χ1n) is 10.5. The molecule has 0 saturated heterocycles. The SMILES string of the molecule is CC1=C(C(=O)OC2C3N4C=CC=CC4=C4C(F)=C(C(F)(F)F)C(F)=CC4C23C)N(C)CN1C. The molecule has 0 amide bonds. The van der Waals surface area contributed by atoms with Gasteiger partial charge < -0.3 is 19.4 Å². The van der Waals surface area contributed by atoms with Crippen molar-refractivity contribution in [3.8, 4) is 0 Å². The van der Waals surface area contributed by atoms with Crippen molar-refractivity contribution in [2.75, 3.05) is 20.8 Å². The molecule has 1 fully saturated rings. The highest BCUT2D eigenvalue weighted by molar-refractivity contribution is 5.89. The van der Waals surface area contributed by atoms with Gasteiger partial charge in [-0.2, -0.15) is 13.2 Å². The molecule has 4 atom stereocenters. The Hall–Kier alpha value is -3.04. The van der Waals surface area contributed by atoms with Crippen molar-refractivity contribution in [2.24, 2.45) is 11.3 Å². The monoisotopic (exact) mass is 467 g/mol. The molecule has 5 aliphatic rings. The van der Waals surface area contributed by atoms with Crippen LogP contribution in [0.2, 0.25) is 0 Å². The van der Waals surface area contributed by atoms with Gasteiger partial charge in [-0.05, 0) is 25.2 Å². The zero-order valence-corrected chi connectivity index (χ0v) is 18.4. The van der Waals surface area contributed by atoms with Crippen LogP contribution in [0.4, 0.5) is 22.0 Å². The molecule has 5 rings (SSSR count). The lowest BCUT2D eigenvalue weighted by Crippen LogP contribution is -2.37. The highest BCUT2D eigenvalue weighted by Crippen LogP contribution is 2.66. The summed E-state index contributed by atoms with van der Waals surface area (Å²) in [7, 11) is 3.58. The smallest absolute Gasteiger partial charge is 0.422 e. The van der Waals surface area contributed by atoms with Gasteiger partial charge in [0.15, 0.2) is 0 Å². The Bertz CT molecular complexity index is 1150. The molecule has 0 bridgehead atoms. The number of likely N-dealkylation sites (N-methyl/N-ethyl adjacent to an activating group) is 1. The fraction of sp³-hybridized carbons (Fsp3) is 0.435. The van der Waals surface area contributed by atoms with Crippen LogP contribution in [0.3, 0.4) is 0 Å². The summed E-state index contributed by atoms with van der Waals surface area (Å²) in [6, 6.07) is -0.471. The molecular formula is C23H22F5N3O2. The fourth-order valence-electron chi connectivity index (χ4n) is 5.53. The van der Waals surface area contributed by atoms with E-state index in [0.29, 0.717) is 12.4 Å². The first-order chi connectivity index (χ1) is 15.4. The maximum atomic E-state index is 15.3. The van der Waals surface area contributed by atoms with Crippen LogP contribution in [0, 0.1) is 11.3 Å². The van der Waals surface area contributed by atoms with Gasteiger partial charge in [0, 0.05) is 48.6 Å². The minimum Gasteiger partial charge on any atom is -0.455 e. The van der Waals surface area contributed by atoms with Gasteiger partial charge in [-0.3, -0.25) is 0 Å². The number of fused-ring (bicyclic) bond motifs is 5. The van der Waals surface area contributed by atoms with Gasteiger partial charge in [0.25, 0.3) is 0 Å². The van der Waals surface area contributed by atoms with E-state index in [9.17, 15) is 22.4 Å². The molecule has 3 heterocycles. The number of hydrogen-bond donors (Lipinski definition) is 0. The Kier molecular flexibility index (Phi) is 4.45. The van der Waals surface area contributed by atoms with Crippen LogP contribution < -0.4 is 0 Å². The molecule has 1 saturated carbocycles. The highest BCUT2D eigenvalue weighted by atomic mass is 19.4. The first kappa shape index (κ1) is 21.8. The minimum absolute atomic E-state index is 0.208. The van der Waals surface area contributed by atoms with Crippen molar-refractivity contribution >= 4 is 5.97 Å². The van der Waals surface area contributed by atoms with Gasteiger partial charge in [-0.1, -0.05) is 13.0 Å². The van der Waals surface area contributed by atoms with Crippen molar-refractivity contribution < 1.29 is 31.5 Å². The maximum Gasteiger partial charge on any atom is 0.422 e. The summed E-state index contributed by atoms with van der Waals surface area (Å²) in [6.45, 7) is 3.98. The lowest BCUT2D eigenvalue weighted by Gasteiger charge is -2.39. The number of halogens is 5. The average Bonchev–Trinajstić information content (AvgIpc) is 3.21. The Labute approximate surface area is 187 Å². The van der Waals surface area contributed by atoms with E-state index in [2.05, 4.69) is 0 Å². The van der Waals surface area contributed by atoms with E-state index in [1.807, 2.05) is 11.9 Å². The molecule has 3 aliphatic heterocycles. The number of nitrogens with zero attached hydrogens (tertiary/aromatic N) is 3. The molecule has 5 nitrogen and oxygen atoms in total. The first-order valence-corrected chi connectivity index (χ1v) is 10.5. The summed E-state index contributed by atoms with van der Waals surface area (Å²) >= 11 is 0. The third-order valence-electron chi connectivity index (χ3n) is 7.31. The van der Waals surface area contributed by atoms with Crippen LogP contribution in [0.5, 0.6) is 0 Å². The minimum atomic E-state index is -5.18. The van der Waals surface area contributed by atoms with Crippen molar-refractivity contribution in [1.82, 2.24) is 14.7 Å². The normalized spacial score (nSPS) is 32.8. The lowest BCUT2D eigenvalue weighted by molar-refractivity contribution is -0.143. The zero-order valence-electron chi connectivity index (χ0n) is 18.4. The third-order valence-corrected chi connectivity index (χ3v) is 7.31. The molecule has 0 radical (unpaired) electrons. The Balaban J connectivity index is 1.55. The number of hydrogen-bond acceptors (Lipinski definition) is 5. The molecule has 0 aromatic rings. The number of carbonyl (C=O) groups is 1. The largest absolute Gasteiger partial charge is 0.455 e. The van der Waals surface area contributed by atoms with E-state index in [1.54, 1.807) is 49.0 Å². The average molecular weight is 467 g/mol. The van der Waals surface area contributed by atoms with E-state index in [1.165, 1.54) is 6.08 Å². The van der Waals surface area contributed by atoms with Crippen LogP contribution in [0.15, 0.2) is 70.4 Å². The van der Waals surface area contributed by atoms with Crippen LogP contribution in [0.1, 0.15) is 13.8 Å². The Morgan fingerprint density at radius 2 is 1.88 bits per heavy atom. The van der Waals surface area contributed by atoms with Gasteiger partial charge in [0.05, 0.1) is 12.7 Å². The van der Waals surface area contributed by atoms with Gasteiger partial charge in [0.2, 0.25) is 0 Å². The third kappa shape index (κ3) is 2.85. The Morgan fingerprint density at radius 3 is 2.48 bits per heavy atom. The van der Waals surface area contributed by atoms with E-state index in [-0.39, 0.29) is 11.3 Å². The number of ether oxygens (including phenoxy) is 1. The number of alkyl halides is 3. The molecule has 4 unspecified atom stereocenters. The summed E-state index contributed by atoms with van der Waals surface area (Å²) in [6.07, 6.45) is 1.22. The van der Waals surface area contributed by atoms with Crippen molar-refractivity contribution in [1.29, 1.82) is 0 Å². The Morgan fingerprint density at radius 1 is 1.18 bits per heavy atom. The second kappa shape index (κ2) is 6.74. The summed E-state index contributed by atoms with van der Waals surface area (Å²) in [5, 5.41) is 0. The summed E-state index contributed by atoms with van der Waals surface area (Å²) < 4.78 is 75.9. The molecule has 0 spiro atoms. The highest BCUT2D eigenvalue weighted by Gasteiger charge is 2.74. The van der Waals surface area contributed by atoms with Gasteiger partial charge in [-0.15, -0.1) is 0 Å². The van der Waals surface area contributed by atoms with E-state index < -0.39 is 52.9 Å². The van der Waals surface area contributed by atoms with Crippen molar-refractivity contribution in [3.63, 3.8) is 0 Å². The molecular weight excluding hydrogens is 445 g/mol. The predicted molar refractivity (Wildman–Crippen MR) is 109 cm³/mol. The maximum absolute atomic E-state index is 15.3. The number of rotatable bonds is 2. The van der Waals surface area contributed by atoms with E-state index in [0.717, 1.165) is 11.8 Å².